The maximum Gasteiger partial charge on any atom is -0.00427 e. The van der Waals surface area contributed by atoms with E-state index in [1.54, 1.807) is 6.08 Å². The van der Waals surface area contributed by atoms with Crippen LogP contribution in [0.25, 0.3) is 0 Å². The fourth-order valence-electron chi connectivity index (χ4n) is 0.118. The van der Waals surface area contributed by atoms with E-state index in [2.05, 4.69) is 6.58 Å². The smallest absolute Gasteiger partial charge is 0.00427 e. The van der Waals surface area contributed by atoms with Crippen molar-refractivity contribution in [3.05, 3.63) is 12.7 Å². The Hall–Kier alpha value is -0.300. The van der Waals surface area contributed by atoms with Crippen molar-refractivity contribution in [3.63, 3.8) is 0 Å². The quantitative estimate of drug-likeness (QED) is 0.525. The Balaban J connectivity index is 0. The van der Waals surface area contributed by atoms with Crippen molar-refractivity contribution in [3.8, 4) is 0 Å². The van der Waals surface area contributed by atoms with Gasteiger partial charge in [0.15, 0.2) is 0 Å². The van der Waals surface area contributed by atoms with Crippen LogP contribution in [0, 0.1) is 0 Å². The van der Waals surface area contributed by atoms with Gasteiger partial charge in [0.05, 0.1) is 0 Å². The molecule has 0 saturated carbocycles. The van der Waals surface area contributed by atoms with Crippen LogP contribution in [0.15, 0.2) is 12.7 Å². The van der Waals surface area contributed by atoms with Crippen molar-refractivity contribution in [2.45, 2.75) is 20.3 Å². The van der Waals surface area contributed by atoms with E-state index in [1.807, 2.05) is 13.8 Å². The molecule has 0 aliphatic rings. The maximum absolute atomic E-state index is 5.07. The molecule has 0 unspecified atom stereocenters. The maximum atomic E-state index is 5.07. The Morgan fingerprint density at radius 3 is 2.00 bits per heavy atom. The molecule has 0 aromatic carbocycles. The molecule has 0 fully saturated rings. The Labute approximate surface area is 46.2 Å². The first-order valence-electron chi connectivity index (χ1n) is 2.72. The van der Waals surface area contributed by atoms with Crippen LogP contribution < -0.4 is 5.73 Å². The predicted molar refractivity (Wildman–Crippen MR) is 35.2 cm³/mol. The van der Waals surface area contributed by atoms with Crippen molar-refractivity contribution in [2.24, 2.45) is 5.73 Å². The van der Waals surface area contributed by atoms with Gasteiger partial charge in [-0.15, -0.1) is 6.58 Å². The fourth-order valence-corrected chi connectivity index (χ4v) is 0.118. The third-order valence-electron chi connectivity index (χ3n) is 0.371. The summed E-state index contributed by atoms with van der Waals surface area (Å²) in [7, 11) is 0. The van der Waals surface area contributed by atoms with E-state index in [0.717, 1.165) is 13.0 Å². The zero-order valence-corrected chi connectivity index (χ0v) is 5.28. The second kappa shape index (κ2) is 17.3. The summed E-state index contributed by atoms with van der Waals surface area (Å²) in [4.78, 5) is 0. The molecule has 0 amide bonds. The first-order valence-corrected chi connectivity index (χ1v) is 2.72. The van der Waals surface area contributed by atoms with E-state index in [9.17, 15) is 0 Å². The standard InChI is InChI=1S/C4H9N.C2H6/c1-2-3-4-5;1-2/h2H,1,3-5H2;1-2H3. The molecule has 0 atom stereocenters. The van der Waals surface area contributed by atoms with Crippen LogP contribution in [-0.4, -0.2) is 6.54 Å². The number of hydrogen-bond acceptors (Lipinski definition) is 1. The molecule has 0 bridgehead atoms. The molecule has 0 aromatic heterocycles. The lowest BCUT2D eigenvalue weighted by Gasteiger charge is -1.74. The van der Waals surface area contributed by atoms with Gasteiger partial charge in [-0.25, -0.2) is 0 Å². The molecule has 1 heteroatoms. The molecule has 0 aliphatic carbocycles. The summed E-state index contributed by atoms with van der Waals surface area (Å²) in [6, 6.07) is 0. The average molecular weight is 101 g/mol. The second-order valence-corrected chi connectivity index (χ2v) is 0.866. The highest BCUT2D eigenvalue weighted by atomic mass is 14.5. The van der Waals surface area contributed by atoms with E-state index in [4.69, 9.17) is 5.73 Å². The Kier molecular flexibility index (Phi) is 24.3. The van der Waals surface area contributed by atoms with E-state index in [0.29, 0.717) is 0 Å². The fraction of sp³-hybridized carbons (Fsp3) is 0.667. The number of rotatable bonds is 2. The highest BCUT2D eigenvalue weighted by Gasteiger charge is 1.61. The Morgan fingerprint density at radius 1 is 1.57 bits per heavy atom. The number of hydrogen-bond donors (Lipinski definition) is 1. The zero-order chi connectivity index (χ0) is 6.12. The number of nitrogens with two attached hydrogens (primary N) is 1. The predicted octanol–water partition coefficient (Wildman–Crippen LogP) is 1.55. The lowest BCUT2D eigenvalue weighted by atomic mass is 10.4. The van der Waals surface area contributed by atoms with Gasteiger partial charge in [0.25, 0.3) is 0 Å². The molecule has 0 aromatic rings. The Bertz CT molecular complexity index is 25.4. The van der Waals surface area contributed by atoms with E-state index in [-0.39, 0.29) is 0 Å². The van der Waals surface area contributed by atoms with Gasteiger partial charge in [0, 0.05) is 0 Å². The first-order chi connectivity index (χ1) is 3.41. The summed E-state index contributed by atoms with van der Waals surface area (Å²) in [5.41, 5.74) is 5.07. The molecule has 0 rings (SSSR count). The highest BCUT2D eigenvalue weighted by molar-refractivity contribution is 4.64. The summed E-state index contributed by atoms with van der Waals surface area (Å²) < 4.78 is 0. The summed E-state index contributed by atoms with van der Waals surface area (Å²) in [5, 5.41) is 0. The van der Waals surface area contributed by atoms with Gasteiger partial charge in [0.1, 0.15) is 0 Å². The molecule has 0 radical (unpaired) electrons. The molecule has 44 valence electrons. The molecule has 0 spiro atoms. The van der Waals surface area contributed by atoms with Crippen molar-refractivity contribution in [2.75, 3.05) is 6.54 Å². The molecular weight excluding hydrogens is 86.1 g/mol. The largest absolute Gasteiger partial charge is 0.330 e. The highest BCUT2D eigenvalue weighted by Crippen LogP contribution is 1.66. The van der Waals surface area contributed by atoms with Crippen LogP contribution in [0.2, 0.25) is 0 Å². The SMILES string of the molecule is C=CCCN.CC. The van der Waals surface area contributed by atoms with Crippen LogP contribution in [0.4, 0.5) is 0 Å². The van der Waals surface area contributed by atoms with Crippen LogP contribution >= 0.6 is 0 Å². The van der Waals surface area contributed by atoms with Gasteiger partial charge in [-0.1, -0.05) is 19.9 Å². The monoisotopic (exact) mass is 101 g/mol. The van der Waals surface area contributed by atoms with Gasteiger partial charge in [-0.3, -0.25) is 0 Å². The third-order valence-corrected chi connectivity index (χ3v) is 0.371. The topological polar surface area (TPSA) is 26.0 Å². The molecule has 0 saturated heterocycles. The lowest BCUT2D eigenvalue weighted by Crippen LogP contribution is -1.94. The summed E-state index contributed by atoms with van der Waals surface area (Å²) >= 11 is 0. The summed E-state index contributed by atoms with van der Waals surface area (Å²) in [5.74, 6) is 0. The Morgan fingerprint density at radius 2 is 2.00 bits per heavy atom. The van der Waals surface area contributed by atoms with Gasteiger partial charge >= 0.3 is 0 Å². The first kappa shape index (κ1) is 9.85. The third kappa shape index (κ3) is 27.0. The molecular formula is C6H15N. The minimum atomic E-state index is 0.726. The van der Waals surface area contributed by atoms with Crippen molar-refractivity contribution in [1.29, 1.82) is 0 Å². The molecule has 1 nitrogen and oxygen atoms in total. The average Bonchev–Trinajstić information content (AvgIpc) is 1.75. The summed E-state index contributed by atoms with van der Waals surface area (Å²) in [6.07, 6.45) is 2.74. The van der Waals surface area contributed by atoms with E-state index >= 15 is 0 Å². The normalized spacial score (nSPS) is 6.14. The lowest BCUT2D eigenvalue weighted by molar-refractivity contribution is 1.01. The van der Waals surface area contributed by atoms with Gasteiger partial charge in [-0.05, 0) is 13.0 Å². The van der Waals surface area contributed by atoms with Gasteiger partial charge in [0.2, 0.25) is 0 Å². The minimum absolute atomic E-state index is 0.726. The van der Waals surface area contributed by atoms with Crippen molar-refractivity contribution < 1.29 is 0 Å². The zero-order valence-electron chi connectivity index (χ0n) is 5.28. The molecule has 0 heterocycles. The second-order valence-electron chi connectivity index (χ2n) is 0.866. The van der Waals surface area contributed by atoms with E-state index in [1.165, 1.54) is 0 Å². The minimum Gasteiger partial charge on any atom is -0.330 e. The molecule has 2 N–H and O–H groups in total. The van der Waals surface area contributed by atoms with Crippen LogP contribution in [0.3, 0.4) is 0 Å². The summed E-state index contributed by atoms with van der Waals surface area (Å²) in [6.45, 7) is 8.20. The van der Waals surface area contributed by atoms with E-state index < -0.39 is 0 Å². The van der Waals surface area contributed by atoms with Gasteiger partial charge < -0.3 is 5.73 Å². The van der Waals surface area contributed by atoms with Gasteiger partial charge in [-0.2, -0.15) is 0 Å². The van der Waals surface area contributed by atoms with Crippen molar-refractivity contribution in [1.82, 2.24) is 0 Å². The van der Waals surface area contributed by atoms with Crippen LogP contribution in [-0.2, 0) is 0 Å². The van der Waals surface area contributed by atoms with Crippen LogP contribution in [0.1, 0.15) is 20.3 Å². The van der Waals surface area contributed by atoms with Crippen LogP contribution in [0.5, 0.6) is 0 Å². The molecule has 0 aliphatic heterocycles. The molecule has 7 heavy (non-hydrogen) atoms. The van der Waals surface area contributed by atoms with Crippen molar-refractivity contribution >= 4 is 0 Å².